The Morgan fingerprint density at radius 2 is 2.05 bits per heavy atom. The largest absolute Gasteiger partial charge is 0.368 e. The smallest absolute Gasteiger partial charge is 0.231 e. The second-order valence-corrected chi connectivity index (χ2v) is 7.00. The van der Waals surface area contributed by atoms with Crippen LogP contribution >= 0.6 is 23.5 Å². The number of aromatic nitrogens is 3. The SMILES string of the molecule is CCN(CC)c1nc(N)nc(NCC2CSCCS2)n1. The Kier molecular flexibility index (Phi) is 6.03. The maximum absolute atomic E-state index is 5.78. The number of anilines is 3. The first-order valence-electron chi connectivity index (χ1n) is 6.92. The average Bonchev–Trinajstić information content (AvgIpc) is 2.47. The highest BCUT2D eigenvalue weighted by molar-refractivity contribution is 8.06. The van der Waals surface area contributed by atoms with E-state index in [-0.39, 0.29) is 5.95 Å². The zero-order valence-corrected chi connectivity index (χ0v) is 13.6. The summed E-state index contributed by atoms with van der Waals surface area (Å²) in [6.45, 7) is 6.74. The Bertz CT molecular complexity index is 420. The topological polar surface area (TPSA) is 80.0 Å². The lowest BCUT2D eigenvalue weighted by Crippen LogP contribution is -2.27. The number of rotatable bonds is 6. The van der Waals surface area contributed by atoms with Crippen molar-refractivity contribution in [3.8, 4) is 0 Å². The zero-order chi connectivity index (χ0) is 14.4. The minimum absolute atomic E-state index is 0.273. The highest BCUT2D eigenvalue weighted by Gasteiger charge is 2.15. The maximum atomic E-state index is 5.78. The molecule has 112 valence electrons. The molecule has 20 heavy (non-hydrogen) atoms. The molecule has 8 heteroatoms. The summed E-state index contributed by atoms with van der Waals surface area (Å²) in [7, 11) is 0. The van der Waals surface area contributed by atoms with E-state index in [1.165, 1.54) is 17.3 Å². The molecule has 1 aromatic heterocycles. The number of nitrogen functional groups attached to an aromatic ring is 1. The fourth-order valence-electron chi connectivity index (χ4n) is 1.97. The summed E-state index contributed by atoms with van der Waals surface area (Å²) in [4.78, 5) is 14.9. The fourth-order valence-corrected chi connectivity index (χ4v) is 4.58. The predicted molar refractivity (Wildman–Crippen MR) is 89.9 cm³/mol. The number of nitrogens with zero attached hydrogens (tertiary/aromatic N) is 4. The molecule has 1 fully saturated rings. The van der Waals surface area contributed by atoms with Crippen LogP contribution in [0.25, 0.3) is 0 Å². The second-order valence-electron chi connectivity index (χ2n) is 4.44. The summed E-state index contributed by atoms with van der Waals surface area (Å²) in [5, 5.41) is 3.91. The van der Waals surface area contributed by atoms with Gasteiger partial charge in [0.05, 0.1) is 0 Å². The van der Waals surface area contributed by atoms with Crippen LogP contribution in [0.5, 0.6) is 0 Å². The van der Waals surface area contributed by atoms with E-state index in [0.29, 0.717) is 17.1 Å². The summed E-state index contributed by atoms with van der Waals surface area (Å²) in [6, 6.07) is 0. The van der Waals surface area contributed by atoms with Crippen molar-refractivity contribution < 1.29 is 0 Å². The number of nitrogens with one attached hydrogen (secondary N) is 1. The Morgan fingerprint density at radius 3 is 2.70 bits per heavy atom. The number of nitrogens with two attached hydrogens (primary N) is 1. The summed E-state index contributed by atoms with van der Waals surface area (Å²) < 4.78 is 0. The van der Waals surface area contributed by atoms with Crippen LogP contribution in [-0.4, -0.2) is 57.1 Å². The molecule has 0 aliphatic carbocycles. The molecule has 0 amide bonds. The molecule has 1 saturated heterocycles. The van der Waals surface area contributed by atoms with Crippen molar-refractivity contribution in [2.24, 2.45) is 0 Å². The van der Waals surface area contributed by atoms with Crippen LogP contribution in [0, 0.1) is 0 Å². The van der Waals surface area contributed by atoms with E-state index in [0.717, 1.165) is 19.6 Å². The minimum atomic E-state index is 0.273. The lowest BCUT2D eigenvalue weighted by atomic mass is 10.4. The first kappa shape index (κ1) is 15.5. The van der Waals surface area contributed by atoms with Crippen LogP contribution in [0.2, 0.25) is 0 Å². The van der Waals surface area contributed by atoms with E-state index >= 15 is 0 Å². The van der Waals surface area contributed by atoms with Gasteiger partial charge in [0.1, 0.15) is 0 Å². The van der Waals surface area contributed by atoms with E-state index < -0.39 is 0 Å². The van der Waals surface area contributed by atoms with Gasteiger partial charge in [0.2, 0.25) is 17.8 Å². The highest BCUT2D eigenvalue weighted by atomic mass is 32.2. The first-order valence-corrected chi connectivity index (χ1v) is 9.13. The van der Waals surface area contributed by atoms with Crippen LogP contribution in [-0.2, 0) is 0 Å². The molecule has 0 saturated carbocycles. The van der Waals surface area contributed by atoms with Gasteiger partial charge in [0, 0.05) is 42.1 Å². The fraction of sp³-hybridized carbons (Fsp3) is 0.750. The number of thioether (sulfide) groups is 2. The maximum Gasteiger partial charge on any atom is 0.231 e. The second kappa shape index (κ2) is 7.78. The van der Waals surface area contributed by atoms with Gasteiger partial charge in [0.25, 0.3) is 0 Å². The van der Waals surface area contributed by atoms with Gasteiger partial charge in [-0.1, -0.05) is 0 Å². The lowest BCUT2D eigenvalue weighted by molar-refractivity contribution is 0.813. The molecule has 1 aromatic rings. The molecule has 0 spiro atoms. The van der Waals surface area contributed by atoms with Crippen molar-refractivity contribution in [3.63, 3.8) is 0 Å². The molecule has 6 nitrogen and oxygen atoms in total. The van der Waals surface area contributed by atoms with Gasteiger partial charge in [-0.15, -0.1) is 0 Å². The van der Waals surface area contributed by atoms with Crippen molar-refractivity contribution in [2.45, 2.75) is 19.1 Å². The van der Waals surface area contributed by atoms with Gasteiger partial charge in [-0.2, -0.15) is 38.5 Å². The van der Waals surface area contributed by atoms with E-state index in [1.54, 1.807) is 0 Å². The molecule has 0 radical (unpaired) electrons. The monoisotopic (exact) mass is 314 g/mol. The molecule has 1 aliphatic heterocycles. The molecule has 2 rings (SSSR count). The van der Waals surface area contributed by atoms with Crippen molar-refractivity contribution in [1.29, 1.82) is 0 Å². The average molecular weight is 314 g/mol. The predicted octanol–water partition coefficient (Wildman–Crippen LogP) is 1.56. The van der Waals surface area contributed by atoms with Crippen LogP contribution < -0.4 is 16.0 Å². The third-order valence-electron chi connectivity index (χ3n) is 3.06. The van der Waals surface area contributed by atoms with Gasteiger partial charge in [-0.25, -0.2) is 0 Å². The standard InChI is InChI=1S/C12H22N6S2/c1-3-18(4-2)12-16-10(13)15-11(17-12)14-7-9-8-19-5-6-20-9/h9H,3-8H2,1-2H3,(H3,13,14,15,16,17). The lowest BCUT2D eigenvalue weighted by Gasteiger charge is -2.22. The van der Waals surface area contributed by atoms with Crippen LogP contribution in [0.15, 0.2) is 0 Å². The van der Waals surface area contributed by atoms with Gasteiger partial charge in [-0.05, 0) is 13.8 Å². The normalized spacial score (nSPS) is 18.8. The van der Waals surface area contributed by atoms with Crippen molar-refractivity contribution >= 4 is 41.4 Å². The third-order valence-corrected chi connectivity index (χ3v) is 5.90. The van der Waals surface area contributed by atoms with Crippen LogP contribution in [0.3, 0.4) is 0 Å². The molecule has 1 unspecified atom stereocenters. The summed E-state index contributed by atoms with van der Waals surface area (Å²) >= 11 is 4.02. The molecule has 0 bridgehead atoms. The zero-order valence-electron chi connectivity index (χ0n) is 12.0. The Morgan fingerprint density at radius 1 is 1.25 bits per heavy atom. The summed E-state index contributed by atoms with van der Waals surface area (Å²) in [6.07, 6.45) is 0. The van der Waals surface area contributed by atoms with Crippen molar-refractivity contribution in [1.82, 2.24) is 15.0 Å². The van der Waals surface area contributed by atoms with E-state index in [2.05, 4.69) is 39.0 Å². The van der Waals surface area contributed by atoms with Crippen LogP contribution in [0.4, 0.5) is 17.8 Å². The summed E-state index contributed by atoms with van der Waals surface area (Å²) in [5.74, 6) is 5.16. The summed E-state index contributed by atoms with van der Waals surface area (Å²) in [5.41, 5.74) is 5.78. The third kappa shape index (κ3) is 4.31. The number of hydrogen-bond donors (Lipinski definition) is 2. The number of hydrogen-bond acceptors (Lipinski definition) is 8. The Hall–Kier alpha value is -0.890. The van der Waals surface area contributed by atoms with Gasteiger partial charge in [0.15, 0.2) is 0 Å². The Balaban J connectivity index is 1.99. The van der Waals surface area contributed by atoms with Gasteiger partial charge >= 0.3 is 0 Å². The molecule has 1 aliphatic rings. The highest BCUT2D eigenvalue weighted by Crippen LogP contribution is 2.24. The molecular weight excluding hydrogens is 292 g/mol. The first-order chi connectivity index (χ1) is 9.72. The van der Waals surface area contributed by atoms with E-state index in [9.17, 15) is 0 Å². The molecule has 1 atom stereocenters. The van der Waals surface area contributed by atoms with Crippen LogP contribution in [0.1, 0.15) is 13.8 Å². The molecule has 0 aromatic carbocycles. The van der Waals surface area contributed by atoms with Gasteiger partial charge in [-0.3, -0.25) is 0 Å². The van der Waals surface area contributed by atoms with E-state index in [4.69, 9.17) is 5.73 Å². The Labute approximate surface area is 128 Å². The van der Waals surface area contributed by atoms with Crippen molar-refractivity contribution in [3.05, 3.63) is 0 Å². The van der Waals surface area contributed by atoms with Gasteiger partial charge < -0.3 is 16.0 Å². The molecule has 3 N–H and O–H groups in total. The molecular formula is C12H22N6S2. The van der Waals surface area contributed by atoms with Crippen molar-refractivity contribution in [2.75, 3.05) is 52.8 Å². The van der Waals surface area contributed by atoms with E-state index in [1.807, 2.05) is 23.5 Å². The molecule has 2 heterocycles. The minimum Gasteiger partial charge on any atom is -0.368 e. The quantitative estimate of drug-likeness (QED) is 0.819.